The number of para-hydroxylation sites is 2. The van der Waals surface area contributed by atoms with Crippen LogP contribution >= 0.6 is 0 Å². The lowest BCUT2D eigenvalue weighted by atomic mass is 9.67. The molecule has 1 saturated carbocycles. The van der Waals surface area contributed by atoms with Gasteiger partial charge in [-0.15, -0.1) is 0 Å². The Hall–Kier alpha value is -2.24. The van der Waals surface area contributed by atoms with Crippen molar-refractivity contribution in [2.45, 2.75) is 51.6 Å². The number of piperidine rings is 1. The molecule has 1 aliphatic carbocycles. The summed E-state index contributed by atoms with van der Waals surface area (Å²) in [5.74, 6) is 0. The van der Waals surface area contributed by atoms with Gasteiger partial charge in [0.25, 0.3) is 0 Å². The SMILES string of the molecule is CC1(C)CCC1NC(=O)N1CCC(n2c(=O)[nH]c3ccccc32)CC1. The van der Waals surface area contributed by atoms with Crippen LogP contribution in [-0.4, -0.2) is 39.6 Å². The predicted molar refractivity (Wildman–Crippen MR) is 97.7 cm³/mol. The van der Waals surface area contributed by atoms with Crippen molar-refractivity contribution >= 4 is 17.1 Å². The summed E-state index contributed by atoms with van der Waals surface area (Å²) in [5, 5.41) is 3.18. The molecule has 2 heterocycles. The Morgan fingerprint density at radius 1 is 1.20 bits per heavy atom. The van der Waals surface area contributed by atoms with Crippen LogP contribution in [0.5, 0.6) is 0 Å². The van der Waals surface area contributed by atoms with E-state index in [0.717, 1.165) is 30.3 Å². The van der Waals surface area contributed by atoms with E-state index in [2.05, 4.69) is 24.1 Å². The molecular formula is C19H26N4O2. The average molecular weight is 342 g/mol. The molecule has 2 N–H and O–H groups in total. The summed E-state index contributed by atoms with van der Waals surface area (Å²) in [4.78, 5) is 29.6. The van der Waals surface area contributed by atoms with Gasteiger partial charge < -0.3 is 15.2 Å². The standard InChI is InChI=1S/C19H26N4O2/c1-19(2)10-7-16(19)21-17(24)22-11-8-13(9-12-22)23-15-6-4-3-5-14(15)20-18(23)25/h3-6,13,16H,7-12H2,1-2H3,(H,20,25)(H,21,24). The Morgan fingerprint density at radius 2 is 1.92 bits per heavy atom. The van der Waals surface area contributed by atoms with E-state index >= 15 is 0 Å². The summed E-state index contributed by atoms with van der Waals surface area (Å²) in [6, 6.07) is 8.26. The van der Waals surface area contributed by atoms with Gasteiger partial charge in [-0.1, -0.05) is 26.0 Å². The molecule has 2 amide bonds. The van der Waals surface area contributed by atoms with Gasteiger partial charge in [0.05, 0.1) is 11.0 Å². The van der Waals surface area contributed by atoms with Gasteiger partial charge in [-0.3, -0.25) is 4.57 Å². The van der Waals surface area contributed by atoms with Gasteiger partial charge in [-0.25, -0.2) is 9.59 Å². The first-order valence-electron chi connectivity index (χ1n) is 9.20. The monoisotopic (exact) mass is 342 g/mol. The van der Waals surface area contributed by atoms with Crippen molar-refractivity contribution in [1.82, 2.24) is 19.8 Å². The third-order valence-corrected chi connectivity index (χ3v) is 6.06. The Morgan fingerprint density at radius 3 is 2.56 bits per heavy atom. The van der Waals surface area contributed by atoms with E-state index in [-0.39, 0.29) is 29.2 Å². The Kier molecular flexibility index (Phi) is 3.85. The zero-order chi connectivity index (χ0) is 17.6. The van der Waals surface area contributed by atoms with Crippen molar-refractivity contribution in [1.29, 1.82) is 0 Å². The Labute approximate surface area is 147 Å². The molecule has 1 aromatic carbocycles. The second-order valence-electron chi connectivity index (χ2n) is 8.06. The fraction of sp³-hybridized carbons (Fsp3) is 0.579. The summed E-state index contributed by atoms with van der Waals surface area (Å²) in [6.07, 6.45) is 3.86. The maximum atomic E-state index is 12.5. The molecular weight excluding hydrogens is 316 g/mol. The van der Waals surface area contributed by atoms with Crippen molar-refractivity contribution in [2.75, 3.05) is 13.1 Å². The van der Waals surface area contributed by atoms with Crippen LogP contribution in [0.25, 0.3) is 11.0 Å². The van der Waals surface area contributed by atoms with Gasteiger partial charge in [0.1, 0.15) is 0 Å². The molecule has 2 aromatic rings. The van der Waals surface area contributed by atoms with Crippen LogP contribution in [0.4, 0.5) is 4.79 Å². The van der Waals surface area contributed by atoms with E-state index in [4.69, 9.17) is 0 Å². The minimum atomic E-state index is -0.0553. The van der Waals surface area contributed by atoms with Crippen molar-refractivity contribution in [3.05, 3.63) is 34.7 Å². The van der Waals surface area contributed by atoms with E-state index in [9.17, 15) is 9.59 Å². The number of carbonyl (C=O) groups is 1. The van der Waals surface area contributed by atoms with Crippen LogP contribution in [0.1, 0.15) is 45.6 Å². The van der Waals surface area contributed by atoms with Crippen LogP contribution in [0.3, 0.4) is 0 Å². The van der Waals surface area contributed by atoms with Crippen LogP contribution < -0.4 is 11.0 Å². The first-order valence-corrected chi connectivity index (χ1v) is 9.20. The summed E-state index contributed by atoms with van der Waals surface area (Å²) in [7, 11) is 0. The van der Waals surface area contributed by atoms with Crippen LogP contribution in [0, 0.1) is 5.41 Å². The molecule has 1 aliphatic heterocycles. The summed E-state index contributed by atoms with van der Waals surface area (Å²) in [5.41, 5.74) is 1.98. The van der Waals surface area contributed by atoms with Gasteiger partial charge in [-0.2, -0.15) is 0 Å². The second-order valence-corrected chi connectivity index (χ2v) is 8.06. The number of fused-ring (bicyclic) bond motifs is 1. The number of imidazole rings is 1. The fourth-order valence-electron chi connectivity index (χ4n) is 4.14. The number of nitrogens with zero attached hydrogens (tertiary/aromatic N) is 2. The summed E-state index contributed by atoms with van der Waals surface area (Å²) < 4.78 is 1.86. The van der Waals surface area contributed by atoms with E-state index in [1.807, 2.05) is 33.7 Å². The number of urea groups is 1. The minimum Gasteiger partial charge on any atom is -0.335 e. The number of benzene rings is 1. The number of amides is 2. The maximum absolute atomic E-state index is 12.5. The third-order valence-electron chi connectivity index (χ3n) is 6.06. The molecule has 134 valence electrons. The smallest absolute Gasteiger partial charge is 0.326 e. The lowest BCUT2D eigenvalue weighted by molar-refractivity contribution is 0.1000. The number of hydrogen-bond donors (Lipinski definition) is 2. The van der Waals surface area contributed by atoms with Gasteiger partial charge in [0, 0.05) is 25.2 Å². The normalized spacial score (nSPS) is 23.4. The number of carbonyl (C=O) groups excluding carboxylic acids is 1. The average Bonchev–Trinajstić information content (AvgIpc) is 2.94. The van der Waals surface area contributed by atoms with Crippen LogP contribution in [-0.2, 0) is 0 Å². The van der Waals surface area contributed by atoms with Crippen molar-refractivity contribution in [3.63, 3.8) is 0 Å². The van der Waals surface area contributed by atoms with Gasteiger partial charge in [-0.05, 0) is 43.2 Å². The van der Waals surface area contributed by atoms with Gasteiger partial charge >= 0.3 is 11.7 Å². The number of aromatic amines is 1. The minimum absolute atomic E-state index is 0.0440. The van der Waals surface area contributed by atoms with Crippen LogP contribution in [0.2, 0.25) is 0 Å². The highest BCUT2D eigenvalue weighted by molar-refractivity contribution is 5.76. The lowest BCUT2D eigenvalue weighted by Gasteiger charge is -2.45. The quantitative estimate of drug-likeness (QED) is 0.881. The molecule has 0 bridgehead atoms. The molecule has 6 heteroatoms. The molecule has 0 radical (unpaired) electrons. The zero-order valence-electron chi connectivity index (χ0n) is 14.9. The number of nitrogens with one attached hydrogen (secondary N) is 2. The molecule has 2 aliphatic rings. The number of rotatable bonds is 2. The van der Waals surface area contributed by atoms with E-state index in [0.29, 0.717) is 13.1 Å². The predicted octanol–water partition coefficient (Wildman–Crippen LogP) is 2.86. The molecule has 4 rings (SSSR count). The topological polar surface area (TPSA) is 70.1 Å². The molecule has 6 nitrogen and oxygen atoms in total. The number of H-pyrrole nitrogens is 1. The Balaban J connectivity index is 1.42. The summed E-state index contributed by atoms with van der Waals surface area (Å²) >= 11 is 0. The molecule has 1 unspecified atom stereocenters. The van der Waals surface area contributed by atoms with Gasteiger partial charge in [0.2, 0.25) is 0 Å². The molecule has 25 heavy (non-hydrogen) atoms. The highest BCUT2D eigenvalue weighted by atomic mass is 16.2. The fourth-order valence-corrected chi connectivity index (χ4v) is 4.14. The molecule has 1 saturated heterocycles. The number of aromatic nitrogens is 2. The van der Waals surface area contributed by atoms with Crippen molar-refractivity contribution in [3.8, 4) is 0 Å². The molecule has 0 spiro atoms. The van der Waals surface area contributed by atoms with Crippen molar-refractivity contribution in [2.24, 2.45) is 5.41 Å². The maximum Gasteiger partial charge on any atom is 0.326 e. The second kappa shape index (κ2) is 5.93. The summed E-state index contributed by atoms with van der Waals surface area (Å²) in [6.45, 7) is 5.79. The highest BCUT2D eigenvalue weighted by Crippen LogP contribution is 2.40. The van der Waals surface area contributed by atoms with E-state index in [1.165, 1.54) is 6.42 Å². The molecule has 2 fully saturated rings. The van der Waals surface area contributed by atoms with E-state index < -0.39 is 0 Å². The van der Waals surface area contributed by atoms with E-state index in [1.54, 1.807) is 0 Å². The number of hydrogen-bond acceptors (Lipinski definition) is 2. The Bertz CT molecular complexity index is 842. The highest BCUT2D eigenvalue weighted by Gasteiger charge is 2.40. The molecule has 1 atom stereocenters. The van der Waals surface area contributed by atoms with Crippen molar-refractivity contribution < 1.29 is 4.79 Å². The first kappa shape index (κ1) is 16.2. The third kappa shape index (κ3) is 2.83. The number of likely N-dealkylation sites (tertiary alicyclic amines) is 1. The molecule has 1 aromatic heterocycles. The lowest BCUT2D eigenvalue weighted by Crippen LogP contribution is -2.56. The van der Waals surface area contributed by atoms with Crippen LogP contribution in [0.15, 0.2) is 29.1 Å². The largest absolute Gasteiger partial charge is 0.335 e. The van der Waals surface area contributed by atoms with Gasteiger partial charge in [0.15, 0.2) is 0 Å². The zero-order valence-corrected chi connectivity index (χ0v) is 14.9. The first-order chi connectivity index (χ1) is 12.0.